The molecule has 0 unspecified atom stereocenters. The van der Waals surface area contributed by atoms with E-state index in [2.05, 4.69) is 0 Å². The van der Waals surface area contributed by atoms with Gasteiger partial charge in [0, 0.05) is 0 Å². The topological polar surface area (TPSA) is 87.7 Å². The van der Waals surface area contributed by atoms with Crippen molar-refractivity contribution < 1.29 is 28.6 Å². The number of furan rings is 1. The zero-order valence-corrected chi connectivity index (χ0v) is 11.7. The van der Waals surface area contributed by atoms with Gasteiger partial charge in [-0.25, -0.2) is 9.18 Å². The Morgan fingerprint density at radius 2 is 1.70 bits per heavy atom. The molecule has 1 heterocycles. The summed E-state index contributed by atoms with van der Waals surface area (Å²) in [6.07, 6.45) is 0.489. The van der Waals surface area contributed by atoms with Crippen molar-refractivity contribution in [3.05, 3.63) is 65.2 Å². The van der Waals surface area contributed by atoms with Gasteiger partial charge in [-0.2, -0.15) is 0 Å². The van der Waals surface area contributed by atoms with E-state index >= 15 is 0 Å². The summed E-state index contributed by atoms with van der Waals surface area (Å²) in [5.41, 5.74) is 1.89. The van der Waals surface area contributed by atoms with Gasteiger partial charge in [-0.15, -0.1) is 0 Å². The fraction of sp³-hybridized carbons (Fsp3) is 0.0588. The van der Waals surface area contributed by atoms with Gasteiger partial charge < -0.3 is 14.6 Å². The molecule has 0 bridgehead atoms. The molecular weight excluding hydrogens is 303 g/mol. The van der Waals surface area contributed by atoms with E-state index in [0.717, 1.165) is 11.1 Å². The van der Waals surface area contributed by atoms with Gasteiger partial charge >= 0.3 is 11.8 Å². The van der Waals surface area contributed by atoms with Crippen LogP contribution >= 0.6 is 0 Å². The van der Waals surface area contributed by atoms with Crippen molar-refractivity contribution in [2.45, 2.75) is 6.42 Å². The minimum absolute atomic E-state index is 0.218. The number of hydrogen-bond donors (Lipinski definition) is 2. The van der Waals surface area contributed by atoms with Crippen molar-refractivity contribution in [3.63, 3.8) is 0 Å². The number of Topliss-reactive ketones (excluding diaryl/α,β-unsaturated/α-hetero) is 1. The van der Waals surface area contributed by atoms with Crippen LogP contribution in [0, 0.1) is 5.82 Å². The van der Waals surface area contributed by atoms with Crippen LogP contribution in [0.5, 0.6) is 5.75 Å². The van der Waals surface area contributed by atoms with Crippen LogP contribution in [0.3, 0.4) is 0 Å². The number of carbonyl (C=O) groups is 2. The lowest BCUT2D eigenvalue weighted by Gasteiger charge is -2.02. The lowest BCUT2D eigenvalue weighted by molar-refractivity contribution is -0.131. The van der Waals surface area contributed by atoms with Crippen LogP contribution in [0.2, 0.25) is 0 Å². The third-order valence-electron chi connectivity index (χ3n) is 3.45. The van der Waals surface area contributed by atoms with E-state index in [0.29, 0.717) is 6.42 Å². The molecule has 0 radical (unpaired) electrons. The van der Waals surface area contributed by atoms with Gasteiger partial charge in [0.1, 0.15) is 11.4 Å². The number of rotatable bonds is 4. The normalized spacial score (nSPS) is 10.8. The summed E-state index contributed by atoms with van der Waals surface area (Å²) in [5, 5.41) is 19.0. The van der Waals surface area contributed by atoms with Crippen molar-refractivity contribution >= 4 is 22.7 Å². The summed E-state index contributed by atoms with van der Waals surface area (Å²) in [4.78, 5) is 22.2. The molecule has 0 aliphatic carbocycles. The van der Waals surface area contributed by atoms with Crippen molar-refractivity contribution in [1.82, 2.24) is 0 Å². The number of aromatic hydroxyl groups is 1. The summed E-state index contributed by atoms with van der Waals surface area (Å²) in [7, 11) is 0. The molecule has 0 aliphatic rings. The molecule has 2 aromatic carbocycles. The van der Waals surface area contributed by atoms with Crippen LogP contribution in [-0.2, 0) is 11.2 Å². The fourth-order valence-corrected chi connectivity index (χ4v) is 2.33. The monoisotopic (exact) mass is 314 g/mol. The second-order valence-corrected chi connectivity index (χ2v) is 5.05. The zero-order chi connectivity index (χ0) is 16.6. The number of aliphatic carboxylic acids is 1. The predicted molar refractivity (Wildman–Crippen MR) is 79.1 cm³/mol. The van der Waals surface area contributed by atoms with Crippen molar-refractivity contribution in [2.75, 3.05) is 0 Å². The molecule has 0 spiro atoms. The Morgan fingerprint density at radius 3 is 2.35 bits per heavy atom. The van der Waals surface area contributed by atoms with E-state index in [-0.39, 0.29) is 16.8 Å². The first-order valence-electron chi connectivity index (χ1n) is 6.72. The maximum atomic E-state index is 12.9. The molecule has 0 atom stereocenters. The second-order valence-electron chi connectivity index (χ2n) is 5.05. The number of halogens is 1. The molecule has 6 heteroatoms. The highest BCUT2D eigenvalue weighted by Crippen LogP contribution is 2.33. The van der Waals surface area contributed by atoms with E-state index in [9.17, 15) is 19.1 Å². The first kappa shape index (κ1) is 14.8. The Kier molecular flexibility index (Phi) is 3.57. The second kappa shape index (κ2) is 5.57. The first-order chi connectivity index (χ1) is 11.0. The molecule has 0 fully saturated rings. The Balaban J connectivity index is 1.98. The molecule has 1 aromatic heterocycles. The number of carboxylic acid groups (broad SMARTS) is 1. The van der Waals surface area contributed by atoms with Crippen molar-refractivity contribution in [3.8, 4) is 5.75 Å². The largest absolute Gasteiger partial charge is 0.504 e. The lowest BCUT2D eigenvalue weighted by Crippen LogP contribution is -2.11. The standard InChI is InChI=1S/C17H11FO5/c18-11-4-1-9(2-5-11)7-10-3-6-13-12(8-10)14(19)16(23-13)15(20)17(21)22/h1-6,8,19H,7H2,(H,21,22). The van der Waals surface area contributed by atoms with Crippen LogP contribution in [0.15, 0.2) is 46.9 Å². The highest BCUT2D eigenvalue weighted by molar-refractivity contribution is 6.40. The molecule has 5 nitrogen and oxygen atoms in total. The number of ketones is 1. The minimum atomic E-state index is -1.70. The maximum Gasteiger partial charge on any atom is 0.380 e. The average molecular weight is 314 g/mol. The van der Waals surface area contributed by atoms with Gasteiger partial charge in [-0.05, 0) is 41.8 Å². The number of carbonyl (C=O) groups excluding carboxylic acids is 1. The van der Waals surface area contributed by atoms with Crippen LogP contribution in [-0.4, -0.2) is 22.0 Å². The summed E-state index contributed by atoms with van der Waals surface area (Å²) < 4.78 is 18.0. The van der Waals surface area contributed by atoms with Gasteiger partial charge in [0.25, 0.3) is 0 Å². The maximum absolute atomic E-state index is 12.9. The third kappa shape index (κ3) is 2.78. The molecule has 3 rings (SSSR count). The van der Waals surface area contributed by atoms with E-state index in [1.807, 2.05) is 0 Å². The van der Waals surface area contributed by atoms with Crippen molar-refractivity contribution in [2.24, 2.45) is 0 Å². The number of carboxylic acids is 1. The summed E-state index contributed by atoms with van der Waals surface area (Å²) >= 11 is 0. The van der Waals surface area contributed by atoms with Crippen LogP contribution in [0.25, 0.3) is 11.0 Å². The highest BCUT2D eigenvalue weighted by atomic mass is 19.1. The fourth-order valence-electron chi connectivity index (χ4n) is 2.33. The summed E-state index contributed by atoms with van der Waals surface area (Å²) in [6.45, 7) is 0. The molecule has 0 saturated carbocycles. The van der Waals surface area contributed by atoms with Gasteiger partial charge in [-0.1, -0.05) is 18.2 Å². The smallest absolute Gasteiger partial charge is 0.380 e. The van der Waals surface area contributed by atoms with E-state index in [1.165, 1.54) is 12.1 Å². The van der Waals surface area contributed by atoms with Gasteiger partial charge in [0.05, 0.1) is 5.39 Å². The molecule has 2 N–H and O–H groups in total. The van der Waals surface area contributed by atoms with E-state index in [1.54, 1.807) is 30.3 Å². The molecule has 116 valence electrons. The van der Waals surface area contributed by atoms with E-state index in [4.69, 9.17) is 9.52 Å². The van der Waals surface area contributed by atoms with Crippen molar-refractivity contribution in [1.29, 1.82) is 0 Å². The Bertz CT molecular complexity index is 909. The predicted octanol–water partition coefficient (Wildman–Crippen LogP) is 3.14. The quantitative estimate of drug-likeness (QED) is 0.570. The van der Waals surface area contributed by atoms with Gasteiger partial charge in [0.2, 0.25) is 5.76 Å². The SMILES string of the molecule is O=C(O)C(=O)c1oc2ccc(Cc3ccc(F)cc3)cc2c1O. The van der Waals surface area contributed by atoms with Gasteiger partial charge in [0.15, 0.2) is 5.75 Å². The molecule has 0 amide bonds. The first-order valence-corrected chi connectivity index (χ1v) is 6.72. The van der Waals surface area contributed by atoms with E-state index < -0.39 is 23.3 Å². The third-order valence-corrected chi connectivity index (χ3v) is 3.45. The molecule has 3 aromatic rings. The summed E-state index contributed by atoms with van der Waals surface area (Å²) in [5.74, 6) is -4.42. The Morgan fingerprint density at radius 1 is 1.04 bits per heavy atom. The number of benzene rings is 2. The molecule has 23 heavy (non-hydrogen) atoms. The zero-order valence-electron chi connectivity index (χ0n) is 11.7. The Labute approximate surface area is 129 Å². The summed E-state index contributed by atoms with van der Waals surface area (Å²) in [6, 6.07) is 10.9. The average Bonchev–Trinajstić information content (AvgIpc) is 2.85. The van der Waals surface area contributed by atoms with Gasteiger partial charge in [-0.3, -0.25) is 4.79 Å². The Hall–Kier alpha value is -3.15. The molecule has 0 saturated heterocycles. The molecular formula is C17H11FO5. The minimum Gasteiger partial charge on any atom is -0.504 e. The van der Waals surface area contributed by atoms with Crippen LogP contribution < -0.4 is 0 Å². The molecule has 0 aliphatic heterocycles. The van der Waals surface area contributed by atoms with Crippen LogP contribution in [0.1, 0.15) is 21.7 Å². The number of hydrogen-bond acceptors (Lipinski definition) is 4. The number of fused-ring (bicyclic) bond motifs is 1. The highest BCUT2D eigenvalue weighted by Gasteiger charge is 2.25. The lowest BCUT2D eigenvalue weighted by atomic mass is 10.0. The van der Waals surface area contributed by atoms with Crippen LogP contribution in [0.4, 0.5) is 4.39 Å².